The minimum atomic E-state index is -1.59. The van der Waals surface area contributed by atoms with Crippen LogP contribution in [0.15, 0.2) is 52.7 Å². The van der Waals surface area contributed by atoms with Crippen molar-refractivity contribution in [3.05, 3.63) is 80.5 Å². The van der Waals surface area contributed by atoms with Gasteiger partial charge in [0.15, 0.2) is 17.9 Å². The number of hydrogen-bond donors (Lipinski definition) is 1. The van der Waals surface area contributed by atoms with Gasteiger partial charge in [-0.05, 0) is 79.0 Å². The van der Waals surface area contributed by atoms with E-state index in [9.17, 15) is 19.5 Å². The molecule has 0 amide bonds. The lowest BCUT2D eigenvalue weighted by atomic mass is 9.59. The molecule has 34 heavy (non-hydrogen) atoms. The van der Waals surface area contributed by atoms with Crippen LogP contribution in [0.2, 0.25) is 0 Å². The fourth-order valence-electron chi connectivity index (χ4n) is 6.30. The van der Waals surface area contributed by atoms with Gasteiger partial charge in [-0.2, -0.15) is 0 Å². The number of aldehydes is 1. The molecule has 0 aliphatic heterocycles. The zero-order chi connectivity index (χ0) is 25.3. The van der Waals surface area contributed by atoms with E-state index in [1.807, 2.05) is 52.0 Å². The van der Waals surface area contributed by atoms with Crippen molar-refractivity contribution >= 4 is 17.9 Å². The van der Waals surface area contributed by atoms with Gasteiger partial charge in [-0.1, -0.05) is 57.6 Å². The summed E-state index contributed by atoms with van der Waals surface area (Å²) in [7, 11) is 0. The number of benzene rings is 1. The van der Waals surface area contributed by atoms with Crippen molar-refractivity contribution in [1.82, 2.24) is 0 Å². The summed E-state index contributed by atoms with van der Waals surface area (Å²) in [6, 6.07) is 1.81. The lowest BCUT2D eigenvalue weighted by Crippen LogP contribution is -2.48. The second-order valence-corrected chi connectivity index (χ2v) is 10.9. The van der Waals surface area contributed by atoms with Gasteiger partial charge in [-0.25, -0.2) is 0 Å². The van der Waals surface area contributed by atoms with Gasteiger partial charge in [-0.15, -0.1) is 0 Å². The van der Waals surface area contributed by atoms with Crippen LogP contribution in [-0.2, 0) is 10.4 Å². The van der Waals surface area contributed by atoms with Gasteiger partial charge in [0.25, 0.3) is 0 Å². The summed E-state index contributed by atoms with van der Waals surface area (Å²) in [5.74, 6) is -1.21. The number of allylic oxidation sites excluding steroid dienone is 8. The number of rotatable bonds is 4. The van der Waals surface area contributed by atoms with E-state index in [0.29, 0.717) is 22.3 Å². The van der Waals surface area contributed by atoms with Crippen LogP contribution in [0.3, 0.4) is 0 Å². The molecule has 3 aliphatic rings. The van der Waals surface area contributed by atoms with Crippen molar-refractivity contribution in [2.24, 2.45) is 17.3 Å². The van der Waals surface area contributed by atoms with Crippen LogP contribution in [0.5, 0.6) is 0 Å². The Kier molecular flexibility index (Phi) is 5.60. The highest BCUT2D eigenvalue weighted by molar-refractivity contribution is 6.15. The molecule has 1 aromatic carbocycles. The molecular formula is C30H34O4. The summed E-state index contributed by atoms with van der Waals surface area (Å²) >= 11 is 0. The maximum absolute atomic E-state index is 14.2. The zero-order valence-corrected chi connectivity index (χ0v) is 21.4. The molecule has 4 nitrogen and oxygen atoms in total. The summed E-state index contributed by atoms with van der Waals surface area (Å²) in [5.41, 5.74) is 3.31. The molecule has 0 radical (unpaired) electrons. The normalized spacial score (nSPS) is 28.4. The fraction of sp³-hybridized carbons (Fsp3) is 0.433. The lowest BCUT2D eigenvalue weighted by Gasteiger charge is -2.42. The molecule has 4 rings (SSSR count). The number of fused-ring (bicyclic) bond motifs is 2. The predicted molar refractivity (Wildman–Crippen MR) is 134 cm³/mol. The Morgan fingerprint density at radius 3 is 2.21 bits per heavy atom. The van der Waals surface area contributed by atoms with Gasteiger partial charge in [0, 0.05) is 11.1 Å². The smallest absolute Gasteiger partial charge is 0.171 e. The summed E-state index contributed by atoms with van der Waals surface area (Å²) in [6.45, 7) is 15.4. The van der Waals surface area contributed by atoms with E-state index in [2.05, 4.69) is 13.8 Å². The van der Waals surface area contributed by atoms with Gasteiger partial charge in [0.2, 0.25) is 0 Å². The molecule has 1 aromatic rings. The Bertz CT molecular complexity index is 1260. The van der Waals surface area contributed by atoms with Gasteiger partial charge < -0.3 is 5.11 Å². The second-order valence-electron chi connectivity index (χ2n) is 10.9. The average Bonchev–Trinajstić information content (AvgIpc) is 3.02. The number of carbonyl (C=O) groups excluding carboxylic acids is 3. The maximum atomic E-state index is 14.2. The maximum Gasteiger partial charge on any atom is 0.171 e. The number of Topliss-reactive ketones (excluding diaryl/α,β-unsaturated/α-hetero) is 1. The highest BCUT2D eigenvalue weighted by atomic mass is 16.3. The standard InChI is InChI=1S/C30H34O4/c1-15(2)20-10-9-18(6)30(23(12-20)17(5)11-25(30)32)28-27(33)26-19(7)22(14-31)21(16(3)4)13-24(26)29(28,8)34/h9-16,28,34H,1-8H3/t28-,29-,30+/m1/s1. The number of ketones is 2. The second kappa shape index (κ2) is 7.84. The van der Waals surface area contributed by atoms with Crippen LogP contribution in [-0.4, -0.2) is 23.0 Å². The Balaban J connectivity index is 2.05. The molecule has 4 heteroatoms. The highest BCUT2D eigenvalue weighted by Crippen LogP contribution is 2.61. The van der Waals surface area contributed by atoms with Crippen LogP contribution < -0.4 is 0 Å². The molecule has 0 aromatic heterocycles. The third-order valence-corrected chi connectivity index (χ3v) is 8.16. The summed E-state index contributed by atoms with van der Waals surface area (Å²) < 4.78 is 0. The molecule has 0 saturated carbocycles. The van der Waals surface area contributed by atoms with Crippen molar-refractivity contribution in [2.75, 3.05) is 0 Å². The molecule has 0 fully saturated rings. The molecular weight excluding hydrogens is 424 g/mol. The minimum absolute atomic E-state index is 0.0390. The average molecular weight is 459 g/mol. The molecule has 3 aliphatic carbocycles. The lowest BCUT2D eigenvalue weighted by molar-refractivity contribution is -0.125. The third kappa shape index (κ3) is 2.97. The topological polar surface area (TPSA) is 71.4 Å². The minimum Gasteiger partial charge on any atom is -0.385 e. The first-order valence-corrected chi connectivity index (χ1v) is 12.1. The van der Waals surface area contributed by atoms with Crippen molar-refractivity contribution in [3.8, 4) is 0 Å². The number of aliphatic hydroxyl groups is 1. The number of hydrogen-bond acceptors (Lipinski definition) is 4. The number of carbonyl (C=O) groups is 3. The van der Waals surface area contributed by atoms with Crippen molar-refractivity contribution < 1.29 is 19.5 Å². The van der Waals surface area contributed by atoms with E-state index < -0.39 is 16.9 Å². The van der Waals surface area contributed by atoms with Gasteiger partial charge >= 0.3 is 0 Å². The van der Waals surface area contributed by atoms with Crippen LogP contribution in [0.25, 0.3) is 0 Å². The first kappa shape index (κ1) is 24.3. The Hall–Kier alpha value is -2.85. The van der Waals surface area contributed by atoms with E-state index in [-0.39, 0.29) is 23.4 Å². The van der Waals surface area contributed by atoms with Crippen LogP contribution >= 0.6 is 0 Å². The Morgan fingerprint density at radius 1 is 1.00 bits per heavy atom. The third-order valence-electron chi connectivity index (χ3n) is 8.16. The van der Waals surface area contributed by atoms with Crippen LogP contribution in [0, 0.1) is 24.2 Å². The molecule has 3 atom stereocenters. The van der Waals surface area contributed by atoms with Crippen molar-refractivity contribution in [1.29, 1.82) is 0 Å². The molecule has 1 N–H and O–H groups in total. The van der Waals surface area contributed by atoms with E-state index >= 15 is 0 Å². The quantitative estimate of drug-likeness (QED) is 0.567. The van der Waals surface area contributed by atoms with E-state index in [1.54, 1.807) is 19.9 Å². The highest BCUT2D eigenvalue weighted by Gasteiger charge is 2.65. The van der Waals surface area contributed by atoms with Crippen molar-refractivity contribution in [3.63, 3.8) is 0 Å². The monoisotopic (exact) mass is 458 g/mol. The molecule has 0 heterocycles. The van der Waals surface area contributed by atoms with E-state index in [0.717, 1.165) is 34.1 Å². The van der Waals surface area contributed by atoms with Gasteiger partial charge in [0.1, 0.15) is 0 Å². The van der Waals surface area contributed by atoms with Gasteiger partial charge in [-0.3, -0.25) is 14.4 Å². The molecule has 0 unspecified atom stereocenters. The van der Waals surface area contributed by atoms with Crippen LogP contribution in [0.1, 0.15) is 91.8 Å². The first-order chi connectivity index (χ1) is 15.8. The molecule has 0 bridgehead atoms. The summed E-state index contributed by atoms with van der Waals surface area (Å²) in [4.78, 5) is 40.1. The van der Waals surface area contributed by atoms with Crippen LogP contribution in [0.4, 0.5) is 0 Å². The predicted octanol–water partition coefficient (Wildman–Crippen LogP) is 5.94. The van der Waals surface area contributed by atoms with Crippen molar-refractivity contribution in [2.45, 2.75) is 66.9 Å². The van der Waals surface area contributed by atoms with E-state index in [1.165, 1.54) is 0 Å². The molecule has 0 saturated heterocycles. The fourth-order valence-corrected chi connectivity index (χ4v) is 6.30. The largest absolute Gasteiger partial charge is 0.385 e. The van der Waals surface area contributed by atoms with E-state index in [4.69, 9.17) is 0 Å². The molecule has 0 spiro atoms. The SMILES string of the molecule is CC1=CC(=O)[C@]2([C@@H]3C(=O)c4c(cc(C(C)C)c(C=O)c4C)[C@@]3(C)O)C(C)=CC=C(C(C)C)C=C12. The van der Waals surface area contributed by atoms with Gasteiger partial charge in [0.05, 0.1) is 16.9 Å². The Morgan fingerprint density at radius 2 is 1.65 bits per heavy atom. The summed E-state index contributed by atoms with van der Waals surface area (Å²) in [5, 5.41) is 12.1. The molecule has 178 valence electrons. The Labute approximate surface area is 202 Å². The first-order valence-electron chi connectivity index (χ1n) is 12.1. The zero-order valence-electron chi connectivity index (χ0n) is 21.4. The summed E-state index contributed by atoms with van der Waals surface area (Å²) in [6.07, 6.45) is 8.39.